The van der Waals surface area contributed by atoms with Crippen LogP contribution in [0.5, 0.6) is 5.75 Å². The van der Waals surface area contributed by atoms with Crippen LogP contribution >= 0.6 is 0 Å². The van der Waals surface area contributed by atoms with Crippen LogP contribution in [-0.4, -0.2) is 49.8 Å². The Balaban J connectivity index is 1.76. The van der Waals surface area contributed by atoms with Gasteiger partial charge in [-0.3, -0.25) is 4.79 Å². The first kappa shape index (κ1) is 15.2. The molecule has 1 atom stereocenters. The number of rotatable bonds is 5. The first-order chi connectivity index (χ1) is 10.7. The molecule has 2 N–H and O–H groups in total. The zero-order valence-corrected chi connectivity index (χ0v) is 12.5. The van der Waals surface area contributed by atoms with Crippen LogP contribution in [0.2, 0.25) is 0 Å². The predicted molar refractivity (Wildman–Crippen MR) is 79.3 cm³/mol. The fourth-order valence-electron chi connectivity index (χ4n) is 2.75. The average molecular weight is 308 g/mol. The number of amides is 1. The van der Waals surface area contributed by atoms with Crippen molar-refractivity contribution in [2.24, 2.45) is 11.7 Å². The minimum atomic E-state index is -0.449. The summed E-state index contributed by atoms with van der Waals surface area (Å²) in [4.78, 5) is 14.4. The van der Waals surface area contributed by atoms with E-state index in [1.807, 2.05) is 0 Å². The smallest absolute Gasteiger partial charge is 0.257 e. The molecule has 6 heteroatoms. The molecule has 120 valence electrons. The van der Waals surface area contributed by atoms with E-state index in [4.69, 9.17) is 15.2 Å². The van der Waals surface area contributed by atoms with Crippen LogP contribution in [0.15, 0.2) is 18.2 Å². The van der Waals surface area contributed by atoms with Crippen molar-refractivity contribution >= 4 is 5.91 Å². The molecule has 22 heavy (non-hydrogen) atoms. The van der Waals surface area contributed by atoms with Crippen molar-refractivity contribution < 1.29 is 18.7 Å². The molecule has 0 unspecified atom stereocenters. The summed E-state index contributed by atoms with van der Waals surface area (Å²) in [5.41, 5.74) is 5.68. The largest absolute Gasteiger partial charge is 0.491 e. The fraction of sp³-hybridized carbons (Fsp3) is 0.562. The van der Waals surface area contributed by atoms with Crippen LogP contribution in [0.25, 0.3) is 0 Å². The molecule has 1 saturated heterocycles. The molecule has 1 aromatic carbocycles. The van der Waals surface area contributed by atoms with Gasteiger partial charge >= 0.3 is 0 Å². The van der Waals surface area contributed by atoms with Crippen molar-refractivity contribution in [3.63, 3.8) is 0 Å². The van der Waals surface area contributed by atoms with Gasteiger partial charge in [-0.25, -0.2) is 4.39 Å². The van der Waals surface area contributed by atoms with Crippen LogP contribution in [0.3, 0.4) is 0 Å². The lowest BCUT2D eigenvalue weighted by Crippen LogP contribution is -2.46. The summed E-state index contributed by atoms with van der Waals surface area (Å²) in [7, 11) is 0. The minimum absolute atomic E-state index is 0.111. The molecule has 1 amide bonds. The Hall–Kier alpha value is -1.66. The predicted octanol–water partition coefficient (Wildman–Crippen LogP) is 1.41. The Kier molecular flexibility index (Phi) is 4.59. The highest BCUT2D eigenvalue weighted by Crippen LogP contribution is 2.36. The Bertz CT molecular complexity index is 548. The third-order valence-corrected chi connectivity index (χ3v) is 4.08. The van der Waals surface area contributed by atoms with E-state index in [0.717, 1.165) is 12.8 Å². The van der Waals surface area contributed by atoms with Crippen molar-refractivity contribution in [2.75, 3.05) is 32.8 Å². The maximum absolute atomic E-state index is 13.5. The Labute approximate surface area is 129 Å². The summed E-state index contributed by atoms with van der Waals surface area (Å²) in [6, 6.07) is 4.00. The van der Waals surface area contributed by atoms with Crippen molar-refractivity contribution in [3.8, 4) is 5.75 Å². The monoisotopic (exact) mass is 308 g/mol. The number of nitrogens with two attached hydrogens (primary N) is 1. The van der Waals surface area contributed by atoms with Crippen molar-refractivity contribution in [1.29, 1.82) is 0 Å². The number of morpholine rings is 1. The summed E-state index contributed by atoms with van der Waals surface area (Å²) < 4.78 is 24.7. The molecule has 1 saturated carbocycles. The number of ether oxygens (including phenoxy) is 2. The van der Waals surface area contributed by atoms with E-state index >= 15 is 0 Å². The SMILES string of the molecule is NCCOc1ccc(F)cc1C(=O)N1CCO[C@@H](C2CC2)C1. The van der Waals surface area contributed by atoms with Crippen LogP contribution in [-0.2, 0) is 4.74 Å². The summed E-state index contributed by atoms with van der Waals surface area (Å²) in [5, 5.41) is 0. The molecule has 1 aliphatic heterocycles. The standard InChI is InChI=1S/C16H21FN2O3/c17-12-3-4-14(21-7-5-18)13(9-12)16(20)19-6-8-22-15(10-19)11-1-2-11/h3-4,9,11,15H,1-2,5-8,10,18H2/t15-/m1/s1. The van der Waals surface area contributed by atoms with Crippen LogP contribution in [0.4, 0.5) is 4.39 Å². The molecule has 5 nitrogen and oxygen atoms in total. The van der Waals surface area contributed by atoms with Gasteiger partial charge in [0.15, 0.2) is 0 Å². The molecule has 1 heterocycles. The van der Waals surface area contributed by atoms with Crippen molar-refractivity contribution in [1.82, 2.24) is 4.90 Å². The maximum atomic E-state index is 13.5. The number of halogens is 1. The van der Waals surface area contributed by atoms with Gasteiger partial charge in [0.05, 0.1) is 18.3 Å². The molecule has 0 radical (unpaired) electrons. The van der Waals surface area contributed by atoms with E-state index in [-0.39, 0.29) is 17.6 Å². The number of carbonyl (C=O) groups excluding carboxylic acids is 1. The molecular weight excluding hydrogens is 287 g/mol. The van der Waals surface area contributed by atoms with Gasteiger partial charge in [-0.05, 0) is 37.0 Å². The topological polar surface area (TPSA) is 64.8 Å². The number of hydrogen-bond acceptors (Lipinski definition) is 4. The lowest BCUT2D eigenvalue weighted by molar-refractivity contribution is -0.0314. The van der Waals surface area contributed by atoms with Gasteiger partial charge in [0, 0.05) is 19.6 Å². The molecule has 1 aliphatic carbocycles. The molecule has 0 bridgehead atoms. The van der Waals surface area contributed by atoms with E-state index in [2.05, 4.69) is 0 Å². The molecule has 3 rings (SSSR count). The first-order valence-electron chi connectivity index (χ1n) is 7.72. The quantitative estimate of drug-likeness (QED) is 0.893. The third-order valence-electron chi connectivity index (χ3n) is 4.08. The van der Waals surface area contributed by atoms with Gasteiger partial charge in [0.1, 0.15) is 18.2 Å². The van der Waals surface area contributed by atoms with Crippen molar-refractivity contribution in [3.05, 3.63) is 29.6 Å². The second-order valence-corrected chi connectivity index (χ2v) is 5.78. The first-order valence-corrected chi connectivity index (χ1v) is 7.72. The highest BCUT2D eigenvalue weighted by atomic mass is 19.1. The second kappa shape index (κ2) is 6.62. The van der Waals surface area contributed by atoms with Crippen molar-refractivity contribution in [2.45, 2.75) is 18.9 Å². The Morgan fingerprint density at radius 2 is 2.27 bits per heavy atom. The van der Waals surface area contributed by atoms with E-state index < -0.39 is 5.82 Å². The molecule has 0 aromatic heterocycles. The normalized spacial score (nSPS) is 21.7. The Morgan fingerprint density at radius 3 is 3.00 bits per heavy atom. The molecule has 0 spiro atoms. The summed E-state index contributed by atoms with van der Waals surface area (Å²) in [5.74, 6) is 0.290. The molecule has 1 aromatic rings. The molecular formula is C16H21FN2O3. The Morgan fingerprint density at radius 1 is 1.45 bits per heavy atom. The molecule has 2 aliphatic rings. The van der Waals surface area contributed by atoms with Gasteiger partial charge in [-0.15, -0.1) is 0 Å². The second-order valence-electron chi connectivity index (χ2n) is 5.78. The van der Waals surface area contributed by atoms with Gasteiger partial charge in [0.25, 0.3) is 5.91 Å². The maximum Gasteiger partial charge on any atom is 0.257 e. The summed E-state index contributed by atoms with van der Waals surface area (Å²) in [6.07, 6.45) is 2.44. The van der Waals surface area contributed by atoms with E-state index in [0.29, 0.717) is 44.5 Å². The number of nitrogens with zero attached hydrogens (tertiary/aromatic N) is 1. The highest BCUT2D eigenvalue weighted by Gasteiger charge is 2.37. The van der Waals surface area contributed by atoms with E-state index in [9.17, 15) is 9.18 Å². The number of carbonyl (C=O) groups is 1. The minimum Gasteiger partial charge on any atom is -0.491 e. The summed E-state index contributed by atoms with van der Waals surface area (Å²) in [6.45, 7) is 2.25. The van der Waals surface area contributed by atoms with Crippen LogP contribution < -0.4 is 10.5 Å². The zero-order chi connectivity index (χ0) is 15.5. The fourth-order valence-corrected chi connectivity index (χ4v) is 2.75. The molecule has 2 fully saturated rings. The lowest BCUT2D eigenvalue weighted by atomic mass is 10.1. The van der Waals surface area contributed by atoms with E-state index in [1.165, 1.54) is 18.2 Å². The van der Waals surface area contributed by atoms with Crippen LogP contribution in [0.1, 0.15) is 23.2 Å². The number of hydrogen-bond donors (Lipinski definition) is 1. The van der Waals surface area contributed by atoms with E-state index in [1.54, 1.807) is 4.90 Å². The number of benzene rings is 1. The summed E-state index contributed by atoms with van der Waals surface area (Å²) >= 11 is 0. The highest BCUT2D eigenvalue weighted by molar-refractivity contribution is 5.97. The van der Waals surface area contributed by atoms with Gasteiger partial charge < -0.3 is 20.1 Å². The van der Waals surface area contributed by atoms with Gasteiger partial charge in [-0.2, -0.15) is 0 Å². The van der Waals surface area contributed by atoms with Gasteiger partial charge in [0.2, 0.25) is 0 Å². The zero-order valence-electron chi connectivity index (χ0n) is 12.5. The lowest BCUT2D eigenvalue weighted by Gasteiger charge is -2.33. The van der Waals surface area contributed by atoms with Crippen LogP contribution in [0, 0.1) is 11.7 Å². The average Bonchev–Trinajstić information content (AvgIpc) is 3.38. The van der Waals surface area contributed by atoms with Gasteiger partial charge in [-0.1, -0.05) is 0 Å². The third kappa shape index (κ3) is 3.39.